The molecule has 3 aromatic rings. The van der Waals surface area contributed by atoms with E-state index in [2.05, 4.69) is 6.92 Å². The first-order valence-corrected chi connectivity index (χ1v) is 13.0. The zero-order valence-corrected chi connectivity index (χ0v) is 21.9. The SMILES string of the molecule is CCCCCCCC(=CC(=C(OCc1ccc(Oc2ccc(F)cc2)cc1)C(=O)O)c1ccccc1)C(=O)O. The van der Waals surface area contributed by atoms with E-state index in [0.29, 0.717) is 35.5 Å². The van der Waals surface area contributed by atoms with Crippen molar-refractivity contribution < 1.29 is 33.7 Å². The molecule has 0 bridgehead atoms. The molecule has 0 aromatic heterocycles. The van der Waals surface area contributed by atoms with Crippen molar-refractivity contribution in [1.82, 2.24) is 0 Å². The molecule has 0 saturated carbocycles. The lowest BCUT2D eigenvalue weighted by molar-refractivity contribution is -0.137. The maximum atomic E-state index is 13.1. The fourth-order valence-electron chi connectivity index (χ4n) is 3.93. The van der Waals surface area contributed by atoms with Gasteiger partial charge in [0.1, 0.15) is 23.9 Å². The summed E-state index contributed by atoms with van der Waals surface area (Å²) in [5, 5.41) is 19.9. The molecule has 0 amide bonds. The number of unbranched alkanes of at least 4 members (excludes halogenated alkanes) is 4. The number of rotatable bonds is 15. The third kappa shape index (κ3) is 9.45. The standard InChI is InChI=1S/C32H33FO6/c1-2-3-4-5-7-12-25(31(34)35)21-29(24-10-8-6-9-11-24)30(32(36)37)38-22-23-13-17-27(18-14-23)39-28-19-15-26(33)16-20-28/h6,8-11,13-21H,2-5,7,12,22H2,1H3,(H,34,35)(H,36,37). The smallest absolute Gasteiger partial charge is 0.371 e. The van der Waals surface area contributed by atoms with Crippen LogP contribution in [-0.4, -0.2) is 22.2 Å². The molecule has 3 aromatic carbocycles. The van der Waals surface area contributed by atoms with Crippen molar-refractivity contribution in [1.29, 1.82) is 0 Å². The summed E-state index contributed by atoms with van der Waals surface area (Å²) in [7, 11) is 0. The molecule has 0 atom stereocenters. The van der Waals surface area contributed by atoms with Crippen LogP contribution in [0.5, 0.6) is 11.5 Å². The van der Waals surface area contributed by atoms with Crippen LogP contribution in [-0.2, 0) is 20.9 Å². The number of aliphatic carboxylic acids is 2. The van der Waals surface area contributed by atoms with E-state index < -0.39 is 11.9 Å². The second kappa shape index (κ2) is 15.1. The van der Waals surface area contributed by atoms with Gasteiger partial charge in [-0.3, -0.25) is 0 Å². The summed E-state index contributed by atoms with van der Waals surface area (Å²) in [6, 6.07) is 21.3. The third-order valence-electron chi connectivity index (χ3n) is 6.02. The lowest BCUT2D eigenvalue weighted by atomic mass is 9.98. The molecule has 0 aliphatic heterocycles. The number of allylic oxidation sites excluding steroid dienone is 2. The second-order valence-electron chi connectivity index (χ2n) is 9.04. The summed E-state index contributed by atoms with van der Waals surface area (Å²) in [5.41, 5.74) is 1.56. The lowest BCUT2D eigenvalue weighted by Gasteiger charge is -2.14. The Morgan fingerprint density at radius 2 is 1.41 bits per heavy atom. The highest BCUT2D eigenvalue weighted by atomic mass is 19.1. The largest absolute Gasteiger partial charge is 0.481 e. The lowest BCUT2D eigenvalue weighted by Crippen LogP contribution is -2.09. The Hall–Kier alpha value is -4.39. The van der Waals surface area contributed by atoms with Crippen LogP contribution in [0.1, 0.15) is 56.6 Å². The highest BCUT2D eigenvalue weighted by Crippen LogP contribution is 2.27. The van der Waals surface area contributed by atoms with Crippen molar-refractivity contribution in [2.75, 3.05) is 0 Å². The van der Waals surface area contributed by atoms with Crippen LogP contribution < -0.4 is 4.74 Å². The van der Waals surface area contributed by atoms with Gasteiger partial charge in [0, 0.05) is 11.1 Å². The van der Waals surface area contributed by atoms with E-state index in [1.54, 1.807) is 54.6 Å². The molecule has 3 rings (SSSR count). The van der Waals surface area contributed by atoms with Gasteiger partial charge in [-0.2, -0.15) is 0 Å². The monoisotopic (exact) mass is 532 g/mol. The van der Waals surface area contributed by atoms with E-state index in [1.807, 2.05) is 0 Å². The van der Waals surface area contributed by atoms with Crippen LogP contribution in [0, 0.1) is 5.82 Å². The molecule has 0 aliphatic carbocycles. The van der Waals surface area contributed by atoms with Gasteiger partial charge in [0.2, 0.25) is 5.76 Å². The zero-order valence-electron chi connectivity index (χ0n) is 21.9. The molecule has 0 fully saturated rings. The summed E-state index contributed by atoms with van der Waals surface area (Å²) >= 11 is 0. The first kappa shape index (κ1) is 29.2. The van der Waals surface area contributed by atoms with Gasteiger partial charge in [-0.05, 0) is 66.4 Å². The fourth-order valence-corrected chi connectivity index (χ4v) is 3.93. The minimum absolute atomic E-state index is 0.0535. The van der Waals surface area contributed by atoms with Gasteiger partial charge in [-0.25, -0.2) is 14.0 Å². The normalized spacial score (nSPS) is 12.0. The van der Waals surface area contributed by atoms with Crippen molar-refractivity contribution in [3.8, 4) is 11.5 Å². The van der Waals surface area contributed by atoms with Crippen molar-refractivity contribution in [3.05, 3.63) is 113 Å². The van der Waals surface area contributed by atoms with Gasteiger partial charge >= 0.3 is 11.9 Å². The molecule has 0 heterocycles. The number of ether oxygens (including phenoxy) is 2. The summed E-state index contributed by atoms with van der Waals surface area (Å²) in [6.07, 6.45) is 6.58. The number of hydrogen-bond acceptors (Lipinski definition) is 4. The number of benzene rings is 3. The van der Waals surface area contributed by atoms with Crippen molar-refractivity contribution in [3.63, 3.8) is 0 Å². The average Bonchev–Trinajstić information content (AvgIpc) is 2.93. The van der Waals surface area contributed by atoms with E-state index in [0.717, 1.165) is 25.7 Å². The number of carboxylic acids is 2. The van der Waals surface area contributed by atoms with Crippen LogP contribution in [0.3, 0.4) is 0 Å². The first-order chi connectivity index (χ1) is 18.9. The molecule has 0 unspecified atom stereocenters. The van der Waals surface area contributed by atoms with E-state index >= 15 is 0 Å². The van der Waals surface area contributed by atoms with Crippen LogP contribution in [0.25, 0.3) is 5.57 Å². The Morgan fingerprint density at radius 1 is 0.795 bits per heavy atom. The molecule has 0 saturated heterocycles. The molecular weight excluding hydrogens is 499 g/mol. The molecule has 0 aliphatic rings. The Labute approximate surface area is 228 Å². The molecule has 2 N–H and O–H groups in total. The molecule has 204 valence electrons. The Bertz CT molecular complexity index is 1280. The Kier molecular flexibility index (Phi) is 11.3. The highest BCUT2D eigenvalue weighted by Gasteiger charge is 2.19. The molecule has 39 heavy (non-hydrogen) atoms. The second-order valence-corrected chi connectivity index (χ2v) is 9.04. The maximum absolute atomic E-state index is 13.1. The van der Waals surface area contributed by atoms with E-state index in [9.17, 15) is 24.2 Å². The van der Waals surface area contributed by atoms with Gasteiger partial charge in [0.15, 0.2) is 0 Å². The predicted octanol–water partition coefficient (Wildman–Crippen LogP) is 8.00. The van der Waals surface area contributed by atoms with Crippen molar-refractivity contribution in [2.45, 2.75) is 52.1 Å². The summed E-state index contributed by atoms with van der Waals surface area (Å²) in [5.74, 6) is -2.07. The third-order valence-corrected chi connectivity index (χ3v) is 6.02. The highest BCUT2D eigenvalue weighted by molar-refractivity contribution is 6.00. The molecular formula is C32H33FO6. The molecule has 0 radical (unpaired) electrons. The average molecular weight is 533 g/mol. The predicted molar refractivity (Wildman–Crippen MR) is 148 cm³/mol. The molecule has 7 heteroatoms. The van der Waals surface area contributed by atoms with E-state index in [4.69, 9.17) is 9.47 Å². The maximum Gasteiger partial charge on any atom is 0.371 e. The van der Waals surface area contributed by atoms with Gasteiger partial charge in [-0.1, -0.05) is 75.1 Å². The summed E-state index contributed by atoms with van der Waals surface area (Å²) in [4.78, 5) is 24.3. The fraction of sp³-hybridized carbons (Fsp3) is 0.250. The van der Waals surface area contributed by atoms with E-state index in [-0.39, 0.29) is 29.3 Å². The van der Waals surface area contributed by atoms with Gasteiger partial charge in [-0.15, -0.1) is 0 Å². The minimum atomic E-state index is -1.30. The summed E-state index contributed by atoms with van der Waals surface area (Å²) in [6.45, 7) is 2.06. The van der Waals surface area contributed by atoms with Gasteiger partial charge in [0.05, 0.1) is 0 Å². The minimum Gasteiger partial charge on any atom is -0.481 e. The Balaban J connectivity index is 1.83. The van der Waals surface area contributed by atoms with Crippen LogP contribution >= 0.6 is 0 Å². The van der Waals surface area contributed by atoms with Crippen LogP contribution in [0.15, 0.2) is 96.3 Å². The molecule has 0 spiro atoms. The number of halogens is 1. The van der Waals surface area contributed by atoms with E-state index in [1.165, 1.54) is 30.3 Å². The van der Waals surface area contributed by atoms with Crippen LogP contribution in [0.4, 0.5) is 4.39 Å². The van der Waals surface area contributed by atoms with Crippen molar-refractivity contribution >= 4 is 17.5 Å². The number of carboxylic acid groups (broad SMARTS) is 2. The quantitative estimate of drug-likeness (QED) is 0.0891. The number of hydrogen-bond donors (Lipinski definition) is 2. The van der Waals surface area contributed by atoms with Crippen molar-refractivity contribution in [2.24, 2.45) is 0 Å². The zero-order chi connectivity index (χ0) is 28.0. The van der Waals surface area contributed by atoms with Gasteiger partial charge < -0.3 is 19.7 Å². The Morgan fingerprint density at radius 3 is 2.00 bits per heavy atom. The number of carbonyl (C=O) groups is 2. The topological polar surface area (TPSA) is 93.1 Å². The summed E-state index contributed by atoms with van der Waals surface area (Å²) < 4.78 is 24.6. The first-order valence-electron chi connectivity index (χ1n) is 13.0. The van der Waals surface area contributed by atoms with Crippen LogP contribution in [0.2, 0.25) is 0 Å². The van der Waals surface area contributed by atoms with Gasteiger partial charge in [0.25, 0.3) is 0 Å². The molecule has 6 nitrogen and oxygen atoms in total.